The molecule has 0 aromatic heterocycles. The number of ether oxygens (including phenoxy) is 2. The van der Waals surface area contributed by atoms with Crippen LogP contribution in [0.5, 0.6) is 0 Å². The summed E-state index contributed by atoms with van der Waals surface area (Å²) in [6.07, 6.45) is -0.345. The standard InChI is InChI=1S/C14H22N2O4/c1-10(14(19-2)20-3)16-12-6-4-11(5-7-12)13(18)15-8-9-17/h4-7,10,14,16-17H,8-9H2,1-3H3,(H,15,18). The monoisotopic (exact) mass is 282 g/mol. The maximum atomic E-state index is 11.7. The maximum Gasteiger partial charge on any atom is 0.251 e. The largest absolute Gasteiger partial charge is 0.395 e. The minimum Gasteiger partial charge on any atom is -0.395 e. The topological polar surface area (TPSA) is 79.8 Å². The molecule has 6 nitrogen and oxygen atoms in total. The van der Waals surface area contributed by atoms with Gasteiger partial charge in [-0.25, -0.2) is 0 Å². The molecule has 20 heavy (non-hydrogen) atoms. The molecule has 0 saturated heterocycles. The first-order valence-electron chi connectivity index (χ1n) is 6.43. The summed E-state index contributed by atoms with van der Waals surface area (Å²) < 4.78 is 10.3. The Morgan fingerprint density at radius 3 is 2.35 bits per heavy atom. The van der Waals surface area contributed by atoms with Crippen LogP contribution in [-0.2, 0) is 9.47 Å². The van der Waals surface area contributed by atoms with Gasteiger partial charge in [0.25, 0.3) is 5.91 Å². The normalized spacial score (nSPS) is 12.2. The van der Waals surface area contributed by atoms with Crippen LogP contribution in [0.1, 0.15) is 17.3 Å². The average molecular weight is 282 g/mol. The number of anilines is 1. The number of aliphatic hydroxyl groups excluding tert-OH is 1. The Balaban J connectivity index is 2.60. The number of carbonyl (C=O) groups is 1. The van der Waals surface area contributed by atoms with E-state index in [1.807, 2.05) is 19.1 Å². The van der Waals surface area contributed by atoms with Crippen molar-refractivity contribution in [1.29, 1.82) is 0 Å². The summed E-state index contributed by atoms with van der Waals surface area (Å²) in [6, 6.07) is 7.03. The van der Waals surface area contributed by atoms with Crippen LogP contribution in [0.25, 0.3) is 0 Å². The van der Waals surface area contributed by atoms with Crippen molar-refractivity contribution in [2.24, 2.45) is 0 Å². The molecule has 0 aliphatic rings. The van der Waals surface area contributed by atoms with Crippen LogP contribution in [-0.4, -0.2) is 50.7 Å². The summed E-state index contributed by atoms with van der Waals surface area (Å²) in [4.78, 5) is 11.7. The molecule has 6 heteroatoms. The van der Waals surface area contributed by atoms with Gasteiger partial charge in [-0.3, -0.25) is 4.79 Å². The number of benzene rings is 1. The summed E-state index contributed by atoms with van der Waals surface area (Å²) in [6.45, 7) is 2.12. The lowest BCUT2D eigenvalue weighted by molar-refractivity contribution is -0.109. The average Bonchev–Trinajstić information content (AvgIpc) is 2.46. The maximum absolute atomic E-state index is 11.7. The van der Waals surface area contributed by atoms with Gasteiger partial charge in [0.15, 0.2) is 6.29 Å². The van der Waals surface area contributed by atoms with Crippen LogP contribution in [0.4, 0.5) is 5.69 Å². The lowest BCUT2D eigenvalue weighted by Crippen LogP contribution is -2.33. The molecule has 1 unspecified atom stereocenters. The smallest absolute Gasteiger partial charge is 0.251 e. The Labute approximate surface area is 119 Å². The molecule has 1 amide bonds. The summed E-state index contributed by atoms with van der Waals surface area (Å²) in [5, 5.41) is 14.5. The van der Waals surface area contributed by atoms with Crippen molar-refractivity contribution in [2.75, 3.05) is 32.7 Å². The molecule has 0 aliphatic carbocycles. The Morgan fingerprint density at radius 1 is 1.25 bits per heavy atom. The fraction of sp³-hybridized carbons (Fsp3) is 0.500. The van der Waals surface area contributed by atoms with Crippen LogP contribution >= 0.6 is 0 Å². The third-order valence-electron chi connectivity index (χ3n) is 2.81. The molecule has 3 N–H and O–H groups in total. The van der Waals surface area contributed by atoms with E-state index in [2.05, 4.69) is 10.6 Å². The number of hydrogen-bond donors (Lipinski definition) is 3. The van der Waals surface area contributed by atoms with Crippen molar-refractivity contribution >= 4 is 11.6 Å². The molecule has 0 saturated carbocycles. The second kappa shape index (κ2) is 8.52. The highest BCUT2D eigenvalue weighted by molar-refractivity contribution is 5.94. The van der Waals surface area contributed by atoms with Gasteiger partial charge in [0.05, 0.1) is 12.6 Å². The van der Waals surface area contributed by atoms with E-state index in [0.29, 0.717) is 5.56 Å². The third-order valence-corrected chi connectivity index (χ3v) is 2.81. The Kier molecular flexibility index (Phi) is 7.00. The van der Waals surface area contributed by atoms with Crippen molar-refractivity contribution in [3.63, 3.8) is 0 Å². The number of nitrogens with one attached hydrogen (secondary N) is 2. The zero-order chi connectivity index (χ0) is 15.0. The minimum absolute atomic E-state index is 0.0286. The highest BCUT2D eigenvalue weighted by Crippen LogP contribution is 2.13. The van der Waals surface area contributed by atoms with E-state index in [1.165, 1.54) is 0 Å². The van der Waals surface area contributed by atoms with Gasteiger partial charge in [-0.05, 0) is 31.2 Å². The van der Waals surface area contributed by atoms with Crippen LogP contribution in [0, 0.1) is 0 Å². The summed E-state index contributed by atoms with van der Waals surface area (Å²) in [5.74, 6) is -0.203. The van der Waals surface area contributed by atoms with Crippen molar-refractivity contribution in [3.8, 4) is 0 Å². The number of methoxy groups -OCH3 is 2. The van der Waals surface area contributed by atoms with E-state index in [-0.39, 0.29) is 31.4 Å². The van der Waals surface area contributed by atoms with Gasteiger partial charge in [-0.2, -0.15) is 0 Å². The van der Waals surface area contributed by atoms with Gasteiger partial charge >= 0.3 is 0 Å². The Morgan fingerprint density at radius 2 is 1.85 bits per heavy atom. The molecule has 1 atom stereocenters. The van der Waals surface area contributed by atoms with E-state index < -0.39 is 0 Å². The molecule has 0 aliphatic heterocycles. The van der Waals surface area contributed by atoms with E-state index >= 15 is 0 Å². The summed E-state index contributed by atoms with van der Waals surface area (Å²) in [7, 11) is 3.17. The molecule has 1 rings (SSSR count). The van der Waals surface area contributed by atoms with Crippen LogP contribution < -0.4 is 10.6 Å². The lowest BCUT2D eigenvalue weighted by Gasteiger charge is -2.23. The number of amides is 1. The van der Waals surface area contributed by atoms with E-state index in [9.17, 15) is 4.79 Å². The molecular weight excluding hydrogens is 260 g/mol. The van der Waals surface area contributed by atoms with Gasteiger partial charge in [-0.1, -0.05) is 0 Å². The van der Waals surface area contributed by atoms with Gasteiger partial charge in [0, 0.05) is 32.0 Å². The minimum atomic E-state index is -0.345. The highest BCUT2D eigenvalue weighted by Gasteiger charge is 2.15. The second-order valence-electron chi connectivity index (χ2n) is 4.33. The fourth-order valence-corrected chi connectivity index (χ4v) is 1.82. The van der Waals surface area contributed by atoms with Crippen molar-refractivity contribution in [3.05, 3.63) is 29.8 Å². The molecule has 0 heterocycles. The number of hydrogen-bond acceptors (Lipinski definition) is 5. The first-order valence-corrected chi connectivity index (χ1v) is 6.43. The highest BCUT2D eigenvalue weighted by atomic mass is 16.7. The molecule has 0 radical (unpaired) electrons. The molecule has 1 aromatic carbocycles. The number of rotatable bonds is 8. The van der Waals surface area contributed by atoms with Crippen molar-refractivity contribution in [1.82, 2.24) is 5.32 Å². The van der Waals surface area contributed by atoms with E-state index in [1.54, 1.807) is 26.4 Å². The van der Waals surface area contributed by atoms with Gasteiger partial charge in [0.2, 0.25) is 0 Å². The second-order valence-corrected chi connectivity index (χ2v) is 4.33. The first-order chi connectivity index (χ1) is 9.62. The Hall–Kier alpha value is -1.63. The fourth-order valence-electron chi connectivity index (χ4n) is 1.82. The van der Waals surface area contributed by atoms with E-state index in [0.717, 1.165) is 5.69 Å². The molecule has 0 spiro atoms. The zero-order valence-corrected chi connectivity index (χ0v) is 12.1. The summed E-state index contributed by atoms with van der Waals surface area (Å²) >= 11 is 0. The van der Waals surface area contributed by atoms with Crippen LogP contribution in [0.2, 0.25) is 0 Å². The van der Waals surface area contributed by atoms with E-state index in [4.69, 9.17) is 14.6 Å². The summed E-state index contributed by atoms with van der Waals surface area (Å²) in [5.41, 5.74) is 1.42. The number of aliphatic hydroxyl groups is 1. The van der Waals surface area contributed by atoms with Crippen molar-refractivity contribution < 1.29 is 19.4 Å². The lowest BCUT2D eigenvalue weighted by atomic mass is 10.2. The molecule has 1 aromatic rings. The quantitative estimate of drug-likeness (QED) is 0.615. The molecule has 0 fully saturated rings. The van der Waals surface area contributed by atoms with Crippen molar-refractivity contribution in [2.45, 2.75) is 19.3 Å². The van der Waals surface area contributed by atoms with Gasteiger partial charge < -0.3 is 25.2 Å². The number of carbonyl (C=O) groups excluding carboxylic acids is 1. The first kappa shape index (κ1) is 16.4. The molecular formula is C14H22N2O4. The third kappa shape index (κ3) is 4.80. The molecule has 112 valence electrons. The molecule has 0 bridgehead atoms. The van der Waals surface area contributed by atoms with Gasteiger partial charge in [0.1, 0.15) is 0 Å². The predicted molar refractivity (Wildman–Crippen MR) is 76.8 cm³/mol. The SMILES string of the molecule is COC(OC)C(C)Nc1ccc(C(=O)NCCO)cc1. The van der Waals surface area contributed by atoms with Crippen LogP contribution in [0.15, 0.2) is 24.3 Å². The van der Waals surface area contributed by atoms with Gasteiger partial charge in [-0.15, -0.1) is 0 Å². The Bertz CT molecular complexity index is 404. The predicted octanol–water partition coefficient (Wildman–Crippen LogP) is 0.828. The zero-order valence-electron chi connectivity index (χ0n) is 12.1. The van der Waals surface area contributed by atoms with Crippen LogP contribution in [0.3, 0.4) is 0 Å².